The lowest BCUT2D eigenvalue weighted by molar-refractivity contribution is 0.414. The third-order valence-electron chi connectivity index (χ3n) is 5.02. The van der Waals surface area contributed by atoms with E-state index in [1.165, 1.54) is 11.1 Å². The van der Waals surface area contributed by atoms with Gasteiger partial charge in [0.25, 0.3) is 10.0 Å². The quantitative estimate of drug-likeness (QED) is 0.859. The number of benzene rings is 2. The number of fused-ring (bicyclic) bond motifs is 2. The fourth-order valence-electron chi connectivity index (χ4n) is 3.75. The maximum atomic E-state index is 13.2. The van der Waals surface area contributed by atoms with Gasteiger partial charge in [-0.2, -0.15) is 0 Å². The summed E-state index contributed by atoms with van der Waals surface area (Å²) < 4.78 is 33.2. The number of methoxy groups -OCH3 is 1. The predicted molar refractivity (Wildman–Crippen MR) is 94.3 cm³/mol. The molecule has 0 radical (unpaired) electrons. The molecule has 0 aromatic heterocycles. The standard InChI is InChI=1S/C19H21NO3S/c1-23-17-8-10-19-16(12-17)6-3-11-20(19)24(21,22)18-9-7-14-4-2-5-15(14)13-18/h7-10,12-13H,2-6,11H2,1H3. The topological polar surface area (TPSA) is 46.6 Å². The lowest BCUT2D eigenvalue weighted by atomic mass is 10.0. The van der Waals surface area contributed by atoms with Gasteiger partial charge < -0.3 is 4.74 Å². The number of hydrogen-bond acceptors (Lipinski definition) is 3. The van der Waals surface area contributed by atoms with Gasteiger partial charge in [-0.25, -0.2) is 8.42 Å². The van der Waals surface area contributed by atoms with Crippen molar-refractivity contribution in [3.63, 3.8) is 0 Å². The molecule has 0 fully saturated rings. The molecule has 0 saturated carbocycles. The molecule has 4 rings (SSSR count). The molecule has 24 heavy (non-hydrogen) atoms. The summed E-state index contributed by atoms with van der Waals surface area (Å²) in [5.41, 5.74) is 4.29. The summed E-state index contributed by atoms with van der Waals surface area (Å²) in [6.07, 6.45) is 4.85. The molecule has 1 heterocycles. The molecule has 0 saturated heterocycles. The maximum absolute atomic E-state index is 13.2. The summed E-state index contributed by atoms with van der Waals surface area (Å²) in [5.74, 6) is 0.769. The molecule has 2 aliphatic rings. The van der Waals surface area contributed by atoms with Crippen molar-refractivity contribution < 1.29 is 13.2 Å². The smallest absolute Gasteiger partial charge is 0.264 e. The van der Waals surface area contributed by atoms with Gasteiger partial charge in [0, 0.05) is 6.54 Å². The zero-order valence-corrected chi connectivity index (χ0v) is 14.6. The van der Waals surface area contributed by atoms with Crippen LogP contribution in [-0.4, -0.2) is 22.1 Å². The first kappa shape index (κ1) is 15.5. The molecule has 0 atom stereocenters. The van der Waals surface area contributed by atoms with Crippen LogP contribution in [0.1, 0.15) is 29.5 Å². The zero-order valence-electron chi connectivity index (χ0n) is 13.8. The Hall–Kier alpha value is -2.01. The highest BCUT2D eigenvalue weighted by molar-refractivity contribution is 7.92. The van der Waals surface area contributed by atoms with Crippen LogP contribution in [0.5, 0.6) is 5.75 Å². The van der Waals surface area contributed by atoms with E-state index < -0.39 is 10.0 Å². The summed E-state index contributed by atoms with van der Waals surface area (Å²) >= 11 is 0. The van der Waals surface area contributed by atoms with Gasteiger partial charge in [-0.05, 0) is 79.1 Å². The van der Waals surface area contributed by atoms with Gasteiger partial charge in [0.05, 0.1) is 17.7 Å². The lowest BCUT2D eigenvalue weighted by Crippen LogP contribution is -2.35. The van der Waals surface area contributed by atoms with Crippen molar-refractivity contribution in [3.8, 4) is 5.75 Å². The maximum Gasteiger partial charge on any atom is 0.264 e. The number of anilines is 1. The first-order valence-electron chi connectivity index (χ1n) is 8.41. The van der Waals surface area contributed by atoms with Gasteiger partial charge in [-0.3, -0.25) is 4.31 Å². The van der Waals surface area contributed by atoms with Crippen LogP contribution in [0.2, 0.25) is 0 Å². The molecule has 0 unspecified atom stereocenters. The lowest BCUT2D eigenvalue weighted by Gasteiger charge is -2.31. The van der Waals surface area contributed by atoms with Gasteiger partial charge in [0.1, 0.15) is 5.75 Å². The van der Waals surface area contributed by atoms with Crippen molar-refractivity contribution >= 4 is 15.7 Å². The fraction of sp³-hybridized carbons (Fsp3) is 0.368. The Labute approximate surface area is 143 Å². The highest BCUT2D eigenvalue weighted by atomic mass is 32.2. The molecule has 1 aliphatic heterocycles. The van der Waals surface area contributed by atoms with Crippen LogP contribution >= 0.6 is 0 Å². The van der Waals surface area contributed by atoms with Gasteiger partial charge in [0.2, 0.25) is 0 Å². The normalized spacial score (nSPS) is 16.6. The summed E-state index contributed by atoms with van der Waals surface area (Å²) in [7, 11) is -1.90. The summed E-state index contributed by atoms with van der Waals surface area (Å²) in [4.78, 5) is 0.409. The van der Waals surface area contributed by atoms with E-state index in [9.17, 15) is 8.42 Å². The van der Waals surface area contributed by atoms with E-state index in [-0.39, 0.29) is 0 Å². The fourth-order valence-corrected chi connectivity index (χ4v) is 5.34. The van der Waals surface area contributed by atoms with Crippen molar-refractivity contribution in [2.45, 2.75) is 37.0 Å². The van der Waals surface area contributed by atoms with E-state index in [0.717, 1.165) is 49.1 Å². The molecule has 0 amide bonds. The molecule has 0 bridgehead atoms. The number of nitrogens with zero attached hydrogens (tertiary/aromatic N) is 1. The van der Waals surface area contributed by atoms with E-state index in [4.69, 9.17) is 4.74 Å². The Morgan fingerprint density at radius 2 is 1.71 bits per heavy atom. The Balaban J connectivity index is 1.76. The minimum Gasteiger partial charge on any atom is -0.497 e. The van der Waals surface area contributed by atoms with Crippen LogP contribution in [-0.2, 0) is 29.3 Å². The van der Waals surface area contributed by atoms with E-state index in [1.54, 1.807) is 17.5 Å². The van der Waals surface area contributed by atoms with Crippen molar-refractivity contribution in [1.82, 2.24) is 0 Å². The van der Waals surface area contributed by atoms with Crippen LogP contribution < -0.4 is 9.04 Å². The van der Waals surface area contributed by atoms with Crippen molar-refractivity contribution in [2.24, 2.45) is 0 Å². The molecular weight excluding hydrogens is 322 g/mol. The molecule has 126 valence electrons. The van der Waals surface area contributed by atoms with Crippen LogP contribution in [0, 0.1) is 0 Å². The molecule has 0 spiro atoms. The van der Waals surface area contributed by atoms with Crippen molar-refractivity contribution in [1.29, 1.82) is 0 Å². The molecular formula is C19H21NO3S. The number of rotatable bonds is 3. The van der Waals surface area contributed by atoms with Gasteiger partial charge in [-0.1, -0.05) is 6.07 Å². The number of aryl methyl sites for hydroxylation is 3. The van der Waals surface area contributed by atoms with Gasteiger partial charge in [-0.15, -0.1) is 0 Å². The molecule has 2 aromatic carbocycles. The van der Waals surface area contributed by atoms with Gasteiger partial charge >= 0.3 is 0 Å². The summed E-state index contributed by atoms with van der Waals surface area (Å²) in [5, 5.41) is 0. The largest absolute Gasteiger partial charge is 0.497 e. The zero-order chi connectivity index (χ0) is 16.7. The first-order valence-corrected chi connectivity index (χ1v) is 9.85. The molecule has 0 N–H and O–H groups in total. The third-order valence-corrected chi connectivity index (χ3v) is 6.83. The second kappa shape index (κ2) is 5.81. The second-order valence-corrected chi connectivity index (χ2v) is 8.32. The summed E-state index contributed by atoms with van der Waals surface area (Å²) in [6, 6.07) is 11.2. The van der Waals surface area contributed by atoms with Crippen LogP contribution in [0.4, 0.5) is 5.69 Å². The van der Waals surface area contributed by atoms with E-state index in [0.29, 0.717) is 11.4 Å². The Bertz CT molecular complexity index is 889. The van der Waals surface area contributed by atoms with Crippen LogP contribution in [0.3, 0.4) is 0 Å². The van der Waals surface area contributed by atoms with E-state index >= 15 is 0 Å². The average molecular weight is 343 g/mol. The Kier molecular flexibility index (Phi) is 3.76. The van der Waals surface area contributed by atoms with Crippen LogP contribution in [0.15, 0.2) is 41.3 Å². The highest BCUT2D eigenvalue weighted by Gasteiger charge is 2.30. The Morgan fingerprint density at radius 3 is 2.54 bits per heavy atom. The minimum absolute atomic E-state index is 0.409. The van der Waals surface area contributed by atoms with E-state index in [2.05, 4.69) is 0 Å². The van der Waals surface area contributed by atoms with Crippen molar-refractivity contribution in [3.05, 3.63) is 53.1 Å². The highest BCUT2D eigenvalue weighted by Crippen LogP contribution is 2.35. The third kappa shape index (κ3) is 2.47. The summed E-state index contributed by atoms with van der Waals surface area (Å²) in [6.45, 7) is 0.527. The number of sulfonamides is 1. The van der Waals surface area contributed by atoms with E-state index in [1.807, 2.05) is 30.3 Å². The predicted octanol–water partition coefficient (Wildman–Crippen LogP) is 3.33. The minimum atomic E-state index is -3.52. The second-order valence-electron chi connectivity index (χ2n) is 6.46. The average Bonchev–Trinajstić information content (AvgIpc) is 3.08. The number of ether oxygens (including phenoxy) is 1. The molecule has 2 aromatic rings. The Morgan fingerprint density at radius 1 is 0.917 bits per heavy atom. The first-order chi connectivity index (χ1) is 11.6. The molecule has 4 nitrogen and oxygen atoms in total. The molecule has 1 aliphatic carbocycles. The number of hydrogen-bond donors (Lipinski definition) is 0. The van der Waals surface area contributed by atoms with Crippen LogP contribution in [0.25, 0.3) is 0 Å². The molecule has 5 heteroatoms. The van der Waals surface area contributed by atoms with Gasteiger partial charge in [0.15, 0.2) is 0 Å². The van der Waals surface area contributed by atoms with Crippen molar-refractivity contribution in [2.75, 3.05) is 18.0 Å². The monoisotopic (exact) mass is 343 g/mol. The SMILES string of the molecule is COc1ccc2c(c1)CCCN2S(=O)(=O)c1ccc2c(c1)CCC2.